The molecule has 216 valence electrons. The molecule has 4 aromatic rings. The Balaban J connectivity index is 1.47. The van der Waals surface area contributed by atoms with Crippen LogP contribution in [0.1, 0.15) is 35.3 Å². The fourth-order valence-corrected chi connectivity index (χ4v) is 7.05. The van der Waals surface area contributed by atoms with Crippen molar-refractivity contribution in [1.29, 1.82) is 0 Å². The maximum Gasteiger partial charge on any atom is 0.273 e. The zero-order valence-corrected chi connectivity index (χ0v) is 27.1. The first-order valence-electron chi connectivity index (χ1n) is 14.8. The van der Waals surface area contributed by atoms with Crippen LogP contribution >= 0.6 is 11.3 Å². The zero-order valence-electron chi connectivity index (χ0n) is 26.3. The van der Waals surface area contributed by atoms with Crippen LogP contribution in [-0.2, 0) is 18.4 Å². The molecule has 0 unspecified atom stereocenters. The highest BCUT2D eigenvalue weighted by atomic mass is 32.1. The molecule has 16 heteroatoms. The molecule has 1 aromatic carbocycles. The van der Waals surface area contributed by atoms with Gasteiger partial charge in [-0.2, -0.15) is 21.5 Å². The molecule has 1 fully saturated rings. The van der Waals surface area contributed by atoms with Gasteiger partial charge in [0.05, 0.1) is 30.3 Å². The molecule has 1 aliphatic heterocycles. The standard InChI is InChI=1S/C27H35B6N5O4S/c1-36-7-5-20(34-36)17-10-18-22(11-21(17)40-2)41-12-19-23(35-38(24(18)19)15-6-8-43-13-15)25(39)37(26(28,29)30)14-3-4-16(9-14)42-27(31,32)33/h5-8,10-11,13-14,16H,3-4,9,12,28-33H2,1-2H3/t14-,16-/m0/s1. The fourth-order valence-electron chi connectivity index (χ4n) is 6.43. The predicted octanol–water partition coefficient (Wildman–Crippen LogP) is -1.70. The highest BCUT2D eigenvalue weighted by Crippen LogP contribution is 2.46. The first-order valence-corrected chi connectivity index (χ1v) is 15.8. The van der Waals surface area contributed by atoms with E-state index in [1.54, 1.807) is 23.1 Å². The summed E-state index contributed by atoms with van der Waals surface area (Å²) in [6.07, 6.45) is 4.65. The Morgan fingerprint density at radius 3 is 2.53 bits per heavy atom. The first-order chi connectivity index (χ1) is 20.3. The van der Waals surface area contributed by atoms with E-state index in [1.165, 1.54) is 0 Å². The second-order valence-corrected chi connectivity index (χ2v) is 14.2. The lowest BCUT2D eigenvalue weighted by Crippen LogP contribution is -2.58. The van der Waals surface area contributed by atoms with Crippen LogP contribution in [0.3, 0.4) is 0 Å². The number of rotatable bonds is 8. The van der Waals surface area contributed by atoms with E-state index in [0.29, 0.717) is 17.2 Å². The summed E-state index contributed by atoms with van der Waals surface area (Å²) in [5.41, 5.74) is 5.47. The second-order valence-electron chi connectivity index (χ2n) is 13.4. The minimum atomic E-state index is -0.412. The van der Waals surface area contributed by atoms with Gasteiger partial charge in [-0.15, -0.1) is 0 Å². The summed E-state index contributed by atoms with van der Waals surface area (Å²) < 4.78 is 22.1. The molecule has 43 heavy (non-hydrogen) atoms. The van der Waals surface area contributed by atoms with Crippen molar-refractivity contribution in [2.24, 2.45) is 7.05 Å². The van der Waals surface area contributed by atoms with Crippen LogP contribution in [0.4, 0.5) is 0 Å². The van der Waals surface area contributed by atoms with Gasteiger partial charge >= 0.3 is 0 Å². The lowest BCUT2D eigenvalue weighted by atomic mass is 9.48. The average molecular weight is 591 g/mol. The van der Waals surface area contributed by atoms with Crippen LogP contribution < -0.4 is 9.47 Å². The summed E-state index contributed by atoms with van der Waals surface area (Å²) >= 11 is 1.59. The quantitative estimate of drug-likeness (QED) is 0.228. The normalized spacial score (nSPS) is 18.1. The van der Waals surface area contributed by atoms with Crippen LogP contribution in [-0.4, -0.2) is 107 Å². The zero-order chi connectivity index (χ0) is 30.7. The Labute approximate surface area is 262 Å². The van der Waals surface area contributed by atoms with E-state index in [2.05, 4.69) is 52.2 Å². The van der Waals surface area contributed by atoms with E-state index in [1.807, 2.05) is 57.9 Å². The van der Waals surface area contributed by atoms with Crippen LogP contribution in [0.5, 0.6) is 11.5 Å². The molecule has 1 aliphatic carbocycles. The summed E-state index contributed by atoms with van der Waals surface area (Å²) in [5, 5.41) is 13.1. The maximum atomic E-state index is 14.7. The van der Waals surface area contributed by atoms with Crippen LogP contribution in [0.15, 0.2) is 41.2 Å². The molecule has 0 spiro atoms. The van der Waals surface area contributed by atoms with E-state index in [9.17, 15) is 4.79 Å². The number of carbonyl (C=O) groups is 1. The molecule has 6 rings (SSSR count). The summed E-state index contributed by atoms with van der Waals surface area (Å²) in [7, 11) is 16.1. The van der Waals surface area contributed by atoms with Gasteiger partial charge in [-0.05, 0) is 53.4 Å². The van der Waals surface area contributed by atoms with Gasteiger partial charge in [-0.1, -0.05) is 0 Å². The van der Waals surface area contributed by atoms with Crippen molar-refractivity contribution in [2.45, 2.75) is 48.6 Å². The van der Waals surface area contributed by atoms with Gasteiger partial charge in [-0.3, -0.25) is 9.48 Å². The largest absolute Gasteiger partial charge is 0.496 e. The monoisotopic (exact) mass is 591 g/mol. The Morgan fingerprint density at radius 2 is 1.91 bits per heavy atom. The molecule has 0 N–H and O–H groups in total. The number of amides is 1. The minimum absolute atomic E-state index is 0.0543. The number of fused-ring (bicyclic) bond motifs is 3. The lowest BCUT2D eigenvalue weighted by Gasteiger charge is -2.41. The van der Waals surface area contributed by atoms with Gasteiger partial charge < -0.3 is 19.1 Å². The molecule has 2 atom stereocenters. The Morgan fingerprint density at radius 1 is 1.12 bits per heavy atom. The molecule has 0 bridgehead atoms. The highest BCUT2D eigenvalue weighted by molar-refractivity contribution is 7.08. The predicted molar refractivity (Wildman–Crippen MR) is 185 cm³/mol. The van der Waals surface area contributed by atoms with Gasteiger partial charge in [-0.25, -0.2) is 4.68 Å². The summed E-state index contributed by atoms with van der Waals surface area (Å²) in [5.74, 6) is 1.28. The first kappa shape index (κ1) is 29.8. The number of thiophene rings is 1. The van der Waals surface area contributed by atoms with Crippen LogP contribution in [0.25, 0.3) is 28.2 Å². The smallest absolute Gasteiger partial charge is 0.273 e. The maximum absolute atomic E-state index is 14.7. The van der Waals surface area contributed by atoms with Crippen molar-refractivity contribution in [3.8, 4) is 39.7 Å². The Kier molecular flexibility index (Phi) is 7.65. The van der Waals surface area contributed by atoms with Crippen LogP contribution in [0, 0.1) is 0 Å². The van der Waals surface area contributed by atoms with E-state index in [-0.39, 0.29) is 30.0 Å². The van der Waals surface area contributed by atoms with E-state index in [0.717, 1.165) is 53.0 Å². The summed E-state index contributed by atoms with van der Waals surface area (Å²) in [6, 6.07) is 7.99. The van der Waals surface area contributed by atoms with E-state index in [4.69, 9.17) is 19.3 Å². The molecule has 3 aromatic heterocycles. The molecule has 4 heterocycles. The van der Waals surface area contributed by atoms with Gasteiger partial charge in [0, 0.05) is 47.4 Å². The fraction of sp³-hybridized carbons (Fsp3) is 0.370. The third kappa shape index (κ3) is 5.71. The van der Waals surface area contributed by atoms with Crippen molar-refractivity contribution in [3.05, 3.63) is 52.5 Å². The van der Waals surface area contributed by atoms with Crippen LogP contribution in [0.2, 0.25) is 0 Å². The Hall–Kier alpha value is -3.24. The molecule has 0 saturated heterocycles. The van der Waals surface area contributed by atoms with Gasteiger partial charge in [0.15, 0.2) is 5.69 Å². The SMILES string of the molecule is BC(B)(B)O[C@H]1CC[C@H](N(C(=O)c2nn(-c3ccsc3)c3c2COc2cc(OC)c(-c4ccn(C)n4)cc2-3)C(B)(B)B)C1. The van der Waals surface area contributed by atoms with E-state index >= 15 is 0 Å². The topological polar surface area (TPSA) is 83.6 Å². The molecular formula is C27H35B6N5O4S. The number of aryl methyl sites for hydroxylation is 1. The van der Waals surface area contributed by atoms with Crippen molar-refractivity contribution in [2.75, 3.05) is 7.11 Å². The van der Waals surface area contributed by atoms with Crippen molar-refractivity contribution in [1.82, 2.24) is 24.5 Å². The minimum Gasteiger partial charge on any atom is -0.496 e. The number of aromatic nitrogens is 4. The van der Waals surface area contributed by atoms with Crippen molar-refractivity contribution >= 4 is 64.3 Å². The van der Waals surface area contributed by atoms with Gasteiger partial charge in [0.2, 0.25) is 0 Å². The number of ether oxygens (including phenoxy) is 3. The number of benzene rings is 1. The number of hydrogen-bond donors (Lipinski definition) is 0. The number of methoxy groups -OCH3 is 1. The summed E-state index contributed by atoms with van der Waals surface area (Å²) in [6.45, 7) is 0.234. The van der Waals surface area contributed by atoms with Gasteiger partial charge in [0.1, 0.15) is 65.2 Å². The Bertz CT molecular complexity index is 1660. The third-order valence-electron chi connectivity index (χ3n) is 8.04. The molecular weight excluding hydrogens is 555 g/mol. The molecule has 1 amide bonds. The van der Waals surface area contributed by atoms with E-state index < -0.39 is 5.24 Å². The van der Waals surface area contributed by atoms with Gasteiger partial charge in [0.25, 0.3) is 5.91 Å². The average Bonchev–Trinajstić information content (AvgIpc) is 3.73. The van der Waals surface area contributed by atoms with Crippen molar-refractivity contribution < 1.29 is 19.0 Å². The third-order valence-corrected chi connectivity index (χ3v) is 8.71. The van der Waals surface area contributed by atoms with Crippen molar-refractivity contribution in [3.63, 3.8) is 0 Å². The molecule has 9 nitrogen and oxygen atoms in total. The number of hydrogen-bond acceptors (Lipinski definition) is 7. The lowest BCUT2D eigenvalue weighted by molar-refractivity contribution is 0.0420. The number of nitrogens with zero attached hydrogens (tertiary/aromatic N) is 5. The second kappa shape index (κ2) is 11.0. The molecule has 0 radical (unpaired) electrons. The molecule has 1 saturated carbocycles. The molecule has 2 aliphatic rings. The summed E-state index contributed by atoms with van der Waals surface area (Å²) in [4.78, 5) is 16.7. The highest BCUT2D eigenvalue weighted by Gasteiger charge is 2.42. The number of carbonyl (C=O) groups excluding carboxylic acids is 1.